The number of aliphatic hydroxyl groups is 1. The lowest BCUT2D eigenvalue weighted by atomic mass is 10.1. The zero-order chi connectivity index (χ0) is 10.8. The zero-order valence-electron chi connectivity index (χ0n) is 9.29. The van der Waals surface area contributed by atoms with Gasteiger partial charge in [0, 0.05) is 17.5 Å². The van der Waals surface area contributed by atoms with Gasteiger partial charge in [-0.1, -0.05) is 0 Å². The standard InChI is InChI=1S/C11H19NOS/c1-8-5-6-14-10(8)9(2)12-7-11(3,4)13/h5-6,9,12-13H,7H2,1-4H3. The van der Waals surface area contributed by atoms with E-state index in [4.69, 9.17) is 0 Å². The molecule has 0 radical (unpaired) electrons. The number of aryl methyl sites for hydroxylation is 1. The Bertz CT molecular complexity index is 288. The van der Waals surface area contributed by atoms with Gasteiger partial charge in [-0.15, -0.1) is 11.3 Å². The molecule has 3 heteroatoms. The molecular formula is C11H19NOS. The highest BCUT2D eigenvalue weighted by Gasteiger charge is 2.15. The van der Waals surface area contributed by atoms with E-state index in [1.54, 1.807) is 11.3 Å². The molecule has 14 heavy (non-hydrogen) atoms. The van der Waals surface area contributed by atoms with Crippen molar-refractivity contribution >= 4 is 11.3 Å². The largest absolute Gasteiger partial charge is 0.389 e. The third-order valence-corrected chi connectivity index (χ3v) is 3.34. The first kappa shape index (κ1) is 11.7. The van der Waals surface area contributed by atoms with Gasteiger partial charge in [0.15, 0.2) is 0 Å². The molecule has 1 unspecified atom stereocenters. The molecule has 1 atom stereocenters. The van der Waals surface area contributed by atoms with Crippen molar-refractivity contribution in [2.45, 2.75) is 39.3 Å². The van der Waals surface area contributed by atoms with Crippen LogP contribution in [0.2, 0.25) is 0 Å². The molecule has 0 aliphatic heterocycles. The lowest BCUT2D eigenvalue weighted by Gasteiger charge is -2.21. The van der Waals surface area contributed by atoms with Crippen molar-refractivity contribution in [1.29, 1.82) is 0 Å². The molecule has 1 heterocycles. The van der Waals surface area contributed by atoms with Crippen LogP contribution in [0.5, 0.6) is 0 Å². The minimum absolute atomic E-state index is 0.321. The predicted octanol–water partition coefficient (Wildman–Crippen LogP) is 2.48. The van der Waals surface area contributed by atoms with Crippen LogP contribution in [0.1, 0.15) is 37.3 Å². The normalized spacial score (nSPS) is 14.4. The minimum atomic E-state index is -0.639. The van der Waals surface area contributed by atoms with E-state index in [0.29, 0.717) is 12.6 Å². The van der Waals surface area contributed by atoms with Crippen LogP contribution >= 0.6 is 11.3 Å². The summed E-state index contributed by atoms with van der Waals surface area (Å²) < 4.78 is 0. The number of hydrogen-bond donors (Lipinski definition) is 2. The van der Waals surface area contributed by atoms with E-state index in [2.05, 4.69) is 30.6 Å². The van der Waals surface area contributed by atoms with Crippen LogP contribution in [0.4, 0.5) is 0 Å². The van der Waals surface area contributed by atoms with Gasteiger partial charge in [-0.05, 0) is 44.7 Å². The fourth-order valence-electron chi connectivity index (χ4n) is 1.32. The molecule has 2 N–H and O–H groups in total. The molecule has 0 saturated carbocycles. The van der Waals surface area contributed by atoms with Gasteiger partial charge in [-0.3, -0.25) is 0 Å². The average molecular weight is 213 g/mol. The van der Waals surface area contributed by atoms with Crippen molar-refractivity contribution < 1.29 is 5.11 Å². The second-order valence-electron chi connectivity index (χ2n) is 4.38. The van der Waals surface area contributed by atoms with Crippen molar-refractivity contribution in [2.75, 3.05) is 6.54 Å². The van der Waals surface area contributed by atoms with E-state index < -0.39 is 5.60 Å². The maximum atomic E-state index is 9.57. The first-order valence-electron chi connectivity index (χ1n) is 4.90. The van der Waals surface area contributed by atoms with Crippen molar-refractivity contribution in [3.63, 3.8) is 0 Å². The summed E-state index contributed by atoms with van der Waals surface area (Å²) in [5, 5.41) is 15.0. The molecular weight excluding hydrogens is 194 g/mol. The molecule has 0 aliphatic rings. The Balaban J connectivity index is 2.51. The highest BCUT2D eigenvalue weighted by atomic mass is 32.1. The number of nitrogens with one attached hydrogen (secondary N) is 1. The summed E-state index contributed by atoms with van der Waals surface area (Å²) in [5.41, 5.74) is 0.685. The van der Waals surface area contributed by atoms with Crippen molar-refractivity contribution in [1.82, 2.24) is 5.32 Å². The van der Waals surface area contributed by atoms with Gasteiger partial charge >= 0.3 is 0 Å². The first-order chi connectivity index (χ1) is 6.40. The van der Waals surface area contributed by atoms with Crippen LogP contribution < -0.4 is 5.32 Å². The average Bonchev–Trinajstić information content (AvgIpc) is 2.46. The SMILES string of the molecule is Cc1ccsc1C(C)NCC(C)(C)O. The molecule has 1 aromatic heterocycles. The highest BCUT2D eigenvalue weighted by Crippen LogP contribution is 2.23. The summed E-state index contributed by atoms with van der Waals surface area (Å²) in [7, 11) is 0. The monoisotopic (exact) mass is 213 g/mol. The molecule has 0 bridgehead atoms. The van der Waals surface area contributed by atoms with Crippen LogP contribution in [0.25, 0.3) is 0 Å². The van der Waals surface area contributed by atoms with Gasteiger partial charge in [0.25, 0.3) is 0 Å². The Morgan fingerprint density at radius 2 is 2.21 bits per heavy atom. The Hall–Kier alpha value is -0.380. The van der Waals surface area contributed by atoms with Crippen molar-refractivity contribution in [3.8, 4) is 0 Å². The maximum absolute atomic E-state index is 9.57. The molecule has 0 aromatic carbocycles. The van der Waals surface area contributed by atoms with Gasteiger partial charge < -0.3 is 10.4 Å². The number of hydrogen-bond acceptors (Lipinski definition) is 3. The fourth-order valence-corrected chi connectivity index (χ4v) is 2.28. The summed E-state index contributed by atoms with van der Waals surface area (Å²) in [6.07, 6.45) is 0. The van der Waals surface area contributed by atoms with Crippen LogP contribution in [0, 0.1) is 6.92 Å². The van der Waals surface area contributed by atoms with Crippen LogP contribution in [0.3, 0.4) is 0 Å². The second kappa shape index (κ2) is 4.43. The van der Waals surface area contributed by atoms with Gasteiger partial charge in [0.1, 0.15) is 0 Å². The molecule has 1 aromatic rings. The topological polar surface area (TPSA) is 32.3 Å². The Morgan fingerprint density at radius 3 is 2.64 bits per heavy atom. The predicted molar refractivity (Wildman–Crippen MR) is 61.8 cm³/mol. The zero-order valence-corrected chi connectivity index (χ0v) is 10.1. The van der Waals surface area contributed by atoms with E-state index in [1.807, 2.05) is 13.8 Å². The lowest BCUT2D eigenvalue weighted by molar-refractivity contribution is 0.0771. The van der Waals surface area contributed by atoms with Crippen molar-refractivity contribution in [3.05, 3.63) is 21.9 Å². The minimum Gasteiger partial charge on any atom is -0.389 e. The molecule has 0 amide bonds. The van der Waals surface area contributed by atoms with E-state index in [9.17, 15) is 5.11 Å². The summed E-state index contributed by atoms with van der Waals surface area (Å²) in [4.78, 5) is 1.36. The van der Waals surface area contributed by atoms with Gasteiger partial charge in [-0.25, -0.2) is 0 Å². The summed E-state index contributed by atoms with van der Waals surface area (Å²) >= 11 is 1.76. The first-order valence-corrected chi connectivity index (χ1v) is 5.78. The Morgan fingerprint density at radius 1 is 1.57 bits per heavy atom. The highest BCUT2D eigenvalue weighted by molar-refractivity contribution is 7.10. The summed E-state index contributed by atoms with van der Waals surface area (Å²) in [5.74, 6) is 0. The third-order valence-electron chi connectivity index (χ3n) is 2.14. The molecule has 1 rings (SSSR count). The van der Waals surface area contributed by atoms with E-state index in [1.165, 1.54) is 10.4 Å². The van der Waals surface area contributed by atoms with Crippen molar-refractivity contribution in [2.24, 2.45) is 0 Å². The number of rotatable bonds is 4. The summed E-state index contributed by atoms with van der Waals surface area (Å²) in [6, 6.07) is 2.45. The fraction of sp³-hybridized carbons (Fsp3) is 0.636. The molecule has 0 fully saturated rings. The van der Waals surface area contributed by atoms with Crippen LogP contribution in [-0.4, -0.2) is 17.3 Å². The molecule has 0 aliphatic carbocycles. The molecule has 80 valence electrons. The Labute approximate surface area is 90.0 Å². The van der Waals surface area contributed by atoms with E-state index in [-0.39, 0.29) is 0 Å². The summed E-state index contributed by atoms with van der Waals surface area (Å²) in [6.45, 7) is 8.49. The molecule has 0 saturated heterocycles. The molecule has 0 spiro atoms. The number of thiophene rings is 1. The smallest absolute Gasteiger partial charge is 0.0715 e. The van der Waals surface area contributed by atoms with E-state index in [0.717, 1.165) is 0 Å². The van der Waals surface area contributed by atoms with Gasteiger partial charge in [0.05, 0.1) is 5.60 Å². The van der Waals surface area contributed by atoms with Crippen LogP contribution in [0.15, 0.2) is 11.4 Å². The van der Waals surface area contributed by atoms with Gasteiger partial charge in [0.2, 0.25) is 0 Å². The second-order valence-corrected chi connectivity index (χ2v) is 5.33. The Kier molecular flexibility index (Phi) is 3.70. The van der Waals surface area contributed by atoms with Crippen LogP contribution in [-0.2, 0) is 0 Å². The maximum Gasteiger partial charge on any atom is 0.0715 e. The molecule has 2 nitrogen and oxygen atoms in total. The van der Waals surface area contributed by atoms with E-state index >= 15 is 0 Å². The van der Waals surface area contributed by atoms with Gasteiger partial charge in [-0.2, -0.15) is 0 Å². The lowest BCUT2D eigenvalue weighted by Crippen LogP contribution is -2.35. The quantitative estimate of drug-likeness (QED) is 0.805. The third kappa shape index (κ3) is 3.40.